The zero-order valence-electron chi connectivity index (χ0n) is 9.79. The van der Waals surface area contributed by atoms with Crippen LogP contribution in [0.4, 0.5) is 5.95 Å². The molecule has 0 aromatic carbocycles. The quantitative estimate of drug-likeness (QED) is 0.771. The minimum absolute atomic E-state index is 0.0398. The lowest BCUT2D eigenvalue weighted by atomic mass is 10.3. The first-order valence-electron chi connectivity index (χ1n) is 5.58. The minimum Gasteiger partial charge on any atom is -0.354 e. The van der Waals surface area contributed by atoms with E-state index in [-0.39, 0.29) is 5.69 Å². The van der Waals surface area contributed by atoms with Gasteiger partial charge in [0.1, 0.15) is 0 Å². The van der Waals surface area contributed by atoms with Crippen molar-refractivity contribution >= 4 is 5.95 Å². The van der Waals surface area contributed by atoms with Gasteiger partial charge in [0.15, 0.2) is 0 Å². The lowest BCUT2D eigenvalue weighted by Gasteiger charge is -2.05. The van der Waals surface area contributed by atoms with Gasteiger partial charge in [-0.25, -0.2) is 9.48 Å². The minimum atomic E-state index is -0.0398. The highest BCUT2D eigenvalue weighted by Gasteiger charge is 2.09. The van der Waals surface area contributed by atoms with Crippen LogP contribution in [0.3, 0.4) is 0 Å². The largest absolute Gasteiger partial charge is 0.354 e. The molecule has 1 N–H and O–H groups in total. The van der Waals surface area contributed by atoms with Gasteiger partial charge in [-0.15, -0.1) is 5.10 Å². The molecule has 1 rings (SSSR count). The van der Waals surface area contributed by atoms with E-state index in [0.717, 1.165) is 32.4 Å². The molecule has 0 saturated heterocycles. The fourth-order valence-corrected chi connectivity index (χ4v) is 1.39. The number of unbranched alkanes of at least 4 members (excludes halogenated alkanes) is 1. The summed E-state index contributed by atoms with van der Waals surface area (Å²) in [6.07, 6.45) is 3.11. The highest BCUT2D eigenvalue weighted by molar-refractivity contribution is 5.23. The zero-order chi connectivity index (χ0) is 11.3. The van der Waals surface area contributed by atoms with Crippen molar-refractivity contribution in [3.8, 4) is 0 Å². The van der Waals surface area contributed by atoms with E-state index in [9.17, 15) is 4.79 Å². The van der Waals surface area contributed by atoms with Gasteiger partial charge in [-0.1, -0.05) is 20.3 Å². The molecule has 0 spiro atoms. The first kappa shape index (κ1) is 11.8. The molecule has 0 saturated carbocycles. The van der Waals surface area contributed by atoms with E-state index in [4.69, 9.17) is 0 Å². The normalized spacial score (nSPS) is 10.6. The zero-order valence-corrected chi connectivity index (χ0v) is 9.79. The first-order chi connectivity index (χ1) is 7.20. The number of hydrogen-bond donors (Lipinski definition) is 1. The Hall–Kier alpha value is -1.26. The third-order valence-electron chi connectivity index (χ3n) is 2.28. The molecule has 0 fully saturated rings. The average Bonchev–Trinajstić information content (AvgIpc) is 2.50. The Morgan fingerprint density at radius 2 is 2.07 bits per heavy atom. The van der Waals surface area contributed by atoms with Crippen LogP contribution in [0.1, 0.15) is 33.1 Å². The van der Waals surface area contributed by atoms with Gasteiger partial charge in [0.25, 0.3) is 0 Å². The van der Waals surface area contributed by atoms with E-state index in [2.05, 4.69) is 24.3 Å². The van der Waals surface area contributed by atoms with Crippen LogP contribution < -0.4 is 11.0 Å². The number of anilines is 1. The summed E-state index contributed by atoms with van der Waals surface area (Å²) in [7, 11) is 1.68. The maximum Gasteiger partial charge on any atom is 0.347 e. The predicted molar refractivity (Wildman–Crippen MR) is 61.2 cm³/mol. The average molecular weight is 212 g/mol. The van der Waals surface area contributed by atoms with Crippen molar-refractivity contribution in [2.75, 3.05) is 11.9 Å². The van der Waals surface area contributed by atoms with Gasteiger partial charge in [0, 0.05) is 20.1 Å². The summed E-state index contributed by atoms with van der Waals surface area (Å²) in [4.78, 5) is 11.7. The predicted octanol–water partition coefficient (Wildman–Crippen LogP) is 1.20. The second kappa shape index (κ2) is 5.58. The third-order valence-corrected chi connectivity index (χ3v) is 2.28. The molecule has 1 heterocycles. The molecule has 5 nitrogen and oxygen atoms in total. The van der Waals surface area contributed by atoms with Crippen molar-refractivity contribution in [1.82, 2.24) is 14.3 Å². The summed E-state index contributed by atoms with van der Waals surface area (Å²) in [5.74, 6) is 0.692. The van der Waals surface area contributed by atoms with Crippen molar-refractivity contribution in [1.29, 1.82) is 0 Å². The number of aromatic nitrogens is 3. The molecule has 1 aromatic rings. The fraction of sp³-hybridized carbons (Fsp3) is 0.800. The van der Waals surface area contributed by atoms with E-state index >= 15 is 0 Å². The maximum absolute atomic E-state index is 11.7. The lowest BCUT2D eigenvalue weighted by molar-refractivity contribution is 0.602. The molecule has 0 radical (unpaired) electrons. The van der Waals surface area contributed by atoms with Crippen molar-refractivity contribution in [2.24, 2.45) is 7.05 Å². The molecule has 0 atom stereocenters. The molecule has 0 amide bonds. The Bertz CT molecular complexity index is 353. The maximum atomic E-state index is 11.7. The van der Waals surface area contributed by atoms with Crippen LogP contribution in [0.15, 0.2) is 4.79 Å². The van der Waals surface area contributed by atoms with E-state index in [1.807, 2.05) is 0 Å². The number of nitrogens with one attached hydrogen (secondary N) is 1. The van der Waals surface area contributed by atoms with E-state index in [1.165, 1.54) is 4.68 Å². The van der Waals surface area contributed by atoms with Crippen molar-refractivity contribution in [3.63, 3.8) is 0 Å². The van der Waals surface area contributed by atoms with Crippen molar-refractivity contribution in [3.05, 3.63) is 10.5 Å². The summed E-state index contributed by atoms with van der Waals surface area (Å²) >= 11 is 0. The number of rotatable bonds is 6. The molecule has 0 aliphatic heterocycles. The Labute approximate surface area is 90.1 Å². The Balaban J connectivity index is 2.83. The van der Waals surface area contributed by atoms with Crippen LogP contribution in [0.5, 0.6) is 0 Å². The molecule has 0 aliphatic carbocycles. The molecule has 0 unspecified atom stereocenters. The number of nitrogens with zero attached hydrogens (tertiary/aromatic N) is 3. The summed E-state index contributed by atoms with van der Waals surface area (Å²) < 4.78 is 3.09. The highest BCUT2D eigenvalue weighted by atomic mass is 16.2. The van der Waals surface area contributed by atoms with E-state index < -0.39 is 0 Å². The molecular weight excluding hydrogens is 192 g/mol. The van der Waals surface area contributed by atoms with Crippen LogP contribution in [0, 0.1) is 0 Å². The van der Waals surface area contributed by atoms with Crippen LogP contribution in [0.2, 0.25) is 0 Å². The van der Waals surface area contributed by atoms with Gasteiger partial charge >= 0.3 is 5.69 Å². The van der Waals surface area contributed by atoms with Crippen LogP contribution in [-0.4, -0.2) is 20.9 Å². The van der Waals surface area contributed by atoms with E-state index in [0.29, 0.717) is 5.95 Å². The number of aryl methyl sites for hydroxylation is 1. The van der Waals surface area contributed by atoms with Gasteiger partial charge in [-0.2, -0.15) is 0 Å². The van der Waals surface area contributed by atoms with Crippen molar-refractivity contribution in [2.45, 2.75) is 39.7 Å². The van der Waals surface area contributed by atoms with Crippen LogP contribution in [0.25, 0.3) is 0 Å². The second-order valence-corrected chi connectivity index (χ2v) is 3.66. The first-order valence-corrected chi connectivity index (χ1v) is 5.58. The summed E-state index contributed by atoms with van der Waals surface area (Å²) in [5, 5.41) is 7.32. The third kappa shape index (κ3) is 2.84. The number of hydrogen-bond acceptors (Lipinski definition) is 3. The highest BCUT2D eigenvalue weighted by Crippen LogP contribution is 2.02. The standard InChI is InChI=1S/C10H20N4O/c1-4-6-8-14-9(11-7-5-2)12-13(3)10(14)15/h4-8H2,1-3H3,(H,11,12). The summed E-state index contributed by atoms with van der Waals surface area (Å²) in [6, 6.07) is 0. The molecule has 86 valence electrons. The SMILES string of the molecule is CCCCn1c(NCCC)nn(C)c1=O. The Morgan fingerprint density at radius 3 is 2.67 bits per heavy atom. The Kier molecular flexibility index (Phi) is 4.39. The van der Waals surface area contributed by atoms with Crippen LogP contribution >= 0.6 is 0 Å². The van der Waals surface area contributed by atoms with Gasteiger partial charge in [0.2, 0.25) is 5.95 Å². The van der Waals surface area contributed by atoms with Gasteiger partial charge < -0.3 is 5.32 Å². The molecule has 1 aromatic heterocycles. The fourth-order valence-electron chi connectivity index (χ4n) is 1.39. The monoisotopic (exact) mass is 212 g/mol. The lowest BCUT2D eigenvalue weighted by Crippen LogP contribution is -2.23. The molecule has 5 heteroatoms. The molecule has 0 aliphatic rings. The summed E-state index contributed by atoms with van der Waals surface area (Å²) in [5.41, 5.74) is -0.0398. The molecule has 15 heavy (non-hydrogen) atoms. The molecule has 0 bridgehead atoms. The van der Waals surface area contributed by atoms with Gasteiger partial charge in [-0.3, -0.25) is 4.57 Å². The smallest absolute Gasteiger partial charge is 0.347 e. The summed E-state index contributed by atoms with van der Waals surface area (Å²) in [6.45, 7) is 5.79. The van der Waals surface area contributed by atoms with Gasteiger partial charge in [0.05, 0.1) is 0 Å². The van der Waals surface area contributed by atoms with Crippen LogP contribution in [-0.2, 0) is 13.6 Å². The van der Waals surface area contributed by atoms with Gasteiger partial charge in [-0.05, 0) is 12.8 Å². The second-order valence-electron chi connectivity index (χ2n) is 3.66. The van der Waals surface area contributed by atoms with E-state index in [1.54, 1.807) is 11.6 Å². The Morgan fingerprint density at radius 1 is 1.33 bits per heavy atom. The van der Waals surface area contributed by atoms with Crippen molar-refractivity contribution < 1.29 is 0 Å². The topological polar surface area (TPSA) is 51.9 Å². The molecular formula is C10H20N4O.